The van der Waals surface area contributed by atoms with Gasteiger partial charge >= 0.3 is 0 Å². The van der Waals surface area contributed by atoms with E-state index in [1.807, 2.05) is 0 Å². The first-order chi connectivity index (χ1) is 21.7. The summed E-state index contributed by atoms with van der Waals surface area (Å²) in [5, 5.41) is 10.7. The molecule has 3 amide bonds. The Morgan fingerprint density at radius 2 is 1.89 bits per heavy atom. The van der Waals surface area contributed by atoms with E-state index < -0.39 is 42.3 Å². The minimum Gasteiger partial charge on any atom is -0.364 e. The van der Waals surface area contributed by atoms with Gasteiger partial charge in [-0.15, -0.1) is 0 Å². The second-order valence-electron chi connectivity index (χ2n) is 10.5. The number of hydrazine groups is 1. The molecule has 4 aromatic rings. The molecule has 3 aromatic carbocycles. The van der Waals surface area contributed by atoms with Crippen molar-refractivity contribution >= 4 is 51.6 Å². The third-order valence-electron chi connectivity index (χ3n) is 7.49. The van der Waals surface area contributed by atoms with E-state index in [1.165, 1.54) is 16.8 Å². The number of alkyl halides is 1. The Bertz CT molecular complexity index is 1890. The van der Waals surface area contributed by atoms with Crippen LogP contribution in [0.2, 0.25) is 5.02 Å². The van der Waals surface area contributed by atoms with Gasteiger partial charge in [0.05, 0.1) is 17.7 Å². The summed E-state index contributed by atoms with van der Waals surface area (Å²) in [4.78, 5) is 40.2. The molecule has 1 fully saturated rings. The van der Waals surface area contributed by atoms with Crippen molar-refractivity contribution in [2.75, 3.05) is 17.2 Å². The van der Waals surface area contributed by atoms with Gasteiger partial charge in [0.2, 0.25) is 11.8 Å². The van der Waals surface area contributed by atoms with E-state index in [0.717, 1.165) is 4.90 Å². The summed E-state index contributed by atoms with van der Waals surface area (Å²) >= 11 is 6.25. The van der Waals surface area contributed by atoms with Gasteiger partial charge in [-0.25, -0.2) is 8.78 Å². The van der Waals surface area contributed by atoms with E-state index in [4.69, 9.17) is 17.3 Å². The highest BCUT2D eigenvalue weighted by Gasteiger charge is 2.40. The number of fused-ring (bicyclic) bond motifs is 1. The van der Waals surface area contributed by atoms with Crippen LogP contribution >= 0.6 is 11.6 Å². The number of likely N-dealkylation sites (tertiary alicyclic amines) is 1. The molecule has 2 aliphatic heterocycles. The first-order valence-corrected chi connectivity index (χ1v) is 14.3. The van der Waals surface area contributed by atoms with Crippen molar-refractivity contribution in [1.82, 2.24) is 25.5 Å². The van der Waals surface area contributed by atoms with E-state index in [1.54, 1.807) is 66.9 Å². The number of hydrogen-bond acceptors (Lipinski definition) is 7. The molecule has 1 aromatic heterocycles. The number of nitrogens with zero attached hydrogens (tertiary/aromatic N) is 3. The summed E-state index contributed by atoms with van der Waals surface area (Å²) in [6, 6.07) is 15.0. The average molecular weight is 633 g/mol. The van der Waals surface area contributed by atoms with Crippen LogP contribution < -0.4 is 27.2 Å². The highest BCUT2D eigenvalue weighted by molar-refractivity contribution is 6.33. The third kappa shape index (κ3) is 6.02. The van der Waals surface area contributed by atoms with Gasteiger partial charge in [0, 0.05) is 39.8 Å². The number of aromatic nitrogens is 2. The molecule has 0 saturated carbocycles. The summed E-state index contributed by atoms with van der Waals surface area (Å²) in [6.07, 6.45) is 3.55. The van der Waals surface area contributed by atoms with Crippen molar-refractivity contribution < 1.29 is 23.2 Å². The van der Waals surface area contributed by atoms with E-state index in [0.29, 0.717) is 33.0 Å². The quantitative estimate of drug-likeness (QED) is 0.197. The van der Waals surface area contributed by atoms with Crippen LogP contribution in [0.15, 0.2) is 84.8 Å². The number of nitrogens with two attached hydrogens (primary N) is 1. The topological polar surface area (TPSA) is 146 Å². The molecule has 0 bridgehead atoms. The molecule has 0 aliphatic carbocycles. The fraction of sp³-hybridized carbons (Fsp3) is 0.161. The van der Waals surface area contributed by atoms with Gasteiger partial charge in [-0.2, -0.15) is 5.10 Å². The number of rotatable bonds is 8. The number of carbonyl (C=O) groups excluding carboxylic acids is 3. The Balaban J connectivity index is 1.22. The second kappa shape index (κ2) is 12.3. The molecule has 3 heterocycles. The molecular formula is C31H27ClF2N8O3. The number of hydrogen-bond donors (Lipinski definition) is 5. The lowest BCUT2D eigenvalue weighted by atomic mass is 10.0. The second-order valence-corrected chi connectivity index (χ2v) is 10.9. The monoisotopic (exact) mass is 632 g/mol. The van der Waals surface area contributed by atoms with Crippen LogP contribution in [0.1, 0.15) is 16.9 Å². The van der Waals surface area contributed by atoms with Crippen LogP contribution in [-0.4, -0.2) is 51.2 Å². The van der Waals surface area contributed by atoms with Crippen LogP contribution in [-0.2, 0) is 16.1 Å². The smallest absolute Gasteiger partial charge is 0.269 e. The van der Waals surface area contributed by atoms with Crippen molar-refractivity contribution in [3.05, 3.63) is 101 Å². The maximum Gasteiger partial charge on any atom is 0.269 e. The molecule has 0 radical (unpaired) electrons. The maximum atomic E-state index is 15.5. The Hall–Kier alpha value is -5.43. The molecule has 0 spiro atoms. The number of halogens is 3. The van der Waals surface area contributed by atoms with Crippen molar-refractivity contribution in [2.45, 2.75) is 25.2 Å². The standard InChI is InChI=1S/C31H27ClF2N8O3/c32-22-7-2-1-5-19(22)20-6-3-8-23(28(20)34)38-31(45)25-13-17(33)15-41(25)27(43)16-42-24-11-10-18(37-26-9-4-12-36-39-26)14-21(24)29(40-42)30(35)44/h1-12,14,17,25,36-37,39H,13,15-16H2,(H2,35,44)(H,38,45)/t17-,25+/m1/s1. The Morgan fingerprint density at radius 3 is 2.64 bits per heavy atom. The molecule has 6 N–H and O–H groups in total. The zero-order chi connectivity index (χ0) is 31.7. The number of primary amides is 1. The van der Waals surface area contributed by atoms with Crippen LogP contribution in [0, 0.1) is 5.82 Å². The molecule has 6 rings (SSSR count). The predicted octanol–water partition coefficient (Wildman–Crippen LogP) is 4.05. The molecule has 11 nitrogen and oxygen atoms in total. The fourth-order valence-electron chi connectivity index (χ4n) is 5.40. The molecule has 45 heavy (non-hydrogen) atoms. The normalized spacial score (nSPS) is 17.4. The Labute approximate surface area is 260 Å². The van der Waals surface area contributed by atoms with Crippen LogP contribution in [0.5, 0.6) is 0 Å². The molecule has 1 saturated heterocycles. The summed E-state index contributed by atoms with van der Waals surface area (Å²) in [5.41, 5.74) is 12.8. The van der Waals surface area contributed by atoms with E-state index in [-0.39, 0.29) is 29.9 Å². The third-order valence-corrected chi connectivity index (χ3v) is 7.82. The summed E-state index contributed by atoms with van der Waals surface area (Å²) in [5.74, 6) is -2.23. The summed E-state index contributed by atoms with van der Waals surface area (Å²) in [6.45, 7) is -0.732. The van der Waals surface area contributed by atoms with Gasteiger partial charge in [-0.1, -0.05) is 41.9 Å². The summed E-state index contributed by atoms with van der Waals surface area (Å²) in [7, 11) is 0. The van der Waals surface area contributed by atoms with E-state index in [9.17, 15) is 18.8 Å². The van der Waals surface area contributed by atoms with Crippen molar-refractivity contribution in [3.63, 3.8) is 0 Å². The molecule has 2 aliphatic rings. The molecule has 0 unspecified atom stereocenters. The lowest BCUT2D eigenvalue weighted by Crippen LogP contribution is -2.44. The average Bonchev–Trinajstić information content (AvgIpc) is 3.59. The lowest BCUT2D eigenvalue weighted by Gasteiger charge is -2.24. The van der Waals surface area contributed by atoms with Gasteiger partial charge in [-0.3, -0.25) is 24.5 Å². The van der Waals surface area contributed by atoms with Crippen molar-refractivity contribution in [1.29, 1.82) is 0 Å². The number of nitrogens with one attached hydrogen (secondary N) is 4. The van der Waals surface area contributed by atoms with Gasteiger partial charge in [0.15, 0.2) is 11.5 Å². The highest BCUT2D eigenvalue weighted by atomic mass is 35.5. The van der Waals surface area contributed by atoms with Crippen molar-refractivity contribution in [2.24, 2.45) is 5.73 Å². The zero-order valence-electron chi connectivity index (χ0n) is 23.6. The zero-order valence-corrected chi connectivity index (χ0v) is 24.3. The highest BCUT2D eigenvalue weighted by Crippen LogP contribution is 2.33. The molecule has 2 atom stereocenters. The number of allylic oxidation sites excluding steroid dienone is 2. The van der Waals surface area contributed by atoms with E-state index in [2.05, 4.69) is 26.6 Å². The van der Waals surface area contributed by atoms with Crippen molar-refractivity contribution in [3.8, 4) is 11.1 Å². The molecule has 230 valence electrons. The van der Waals surface area contributed by atoms with Crippen LogP contribution in [0.4, 0.5) is 20.2 Å². The predicted molar refractivity (Wildman–Crippen MR) is 166 cm³/mol. The number of carbonyl (C=O) groups is 3. The van der Waals surface area contributed by atoms with Gasteiger partial charge in [-0.05, 0) is 42.5 Å². The van der Waals surface area contributed by atoms with Crippen LogP contribution in [0.25, 0.3) is 22.0 Å². The number of amides is 3. The molecular weight excluding hydrogens is 606 g/mol. The first kappa shape index (κ1) is 29.6. The Kier molecular flexibility index (Phi) is 8.09. The minimum absolute atomic E-state index is 0.0574. The summed E-state index contributed by atoms with van der Waals surface area (Å²) < 4.78 is 31.4. The largest absolute Gasteiger partial charge is 0.364 e. The lowest BCUT2D eigenvalue weighted by molar-refractivity contribution is -0.137. The van der Waals surface area contributed by atoms with E-state index >= 15 is 4.39 Å². The first-order valence-electron chi connectivity index (χ1n) is 13.9. The number of benzene rings is 3. The van der Waals surface area contributed by atoms with Gasteiger partial charge in [0.25, 0.3) is 5.91 Å². The maximum absolute atomic E-state index is 15.5. The van der Waals surface area contributed by atoms with Gasteiger partial charge in [0.1, 0.15) is 24.6 Å². The van der Waals surface area contributed by atoms with Gasteiger partial charge < -0.3 is 26.7 Å². The fourth-order valence-corrected chi connectivity index (χ4v) is 5.64. The minimum atomic E-state index is -1.47. The Morgan fingerprint density at radius 1 is 1.09 bits per heavy atom. The number of anilines is 2. The SMILES string of the molecule is NC(=O)c1nn(CC(=O)N2C[C@H](F)C[C@H]2C(=O)Nc2cccc(-c3ccccc3Cl)c2F)c2ccc(NC3=CC=CNN3)cc12. The molecule has 14 heteroatoms. The van der Waals surface area contributed by atoms with Crippen LogP contribution in [0.3, 0.4) is 0 Å².